The molecule has 0 aliphatic rings. The molecule has 0 saturated heterocycles. The van der Waals surface area contributed by atoms with Crippen molar-refractivity contribution in [2.24, 2.45) is 0 Å². The summed E-state index contributed by atoms with van der Waals surface area (Å²) in [5.41, 5.74) is -0.578. The highest BCUT2D eigenvalue weighted by Gasteiger charge is 2.22. The molecule has 0 N–H and O–H groups in total. The predicted molar refractivity (Wildman–Crippen MR) is 59.9 cm³/mol. The van der Waals surface area contributed by atoms with Gasteiger partial charge in [-0.1, -0.05) is 6.92 Å². The summed E-state index contributed by atoms with van der Waals surface area (Å²) in [6.07, 6.45) is -0.470. The molecule has 0 heterocycles. The molecule has 0 aliphatic carbocycles. The highest BCUT2D eigenvalue weighted by Crippen LogP contribution is 2.15. The SMILES string of the molecule is C=C(OOC(C)(C)CC)C(=O)OOC(=O)OCC. The number of carbonyl (C=O) groups is 2. The average Bonchev–Trinajstić information content (AvgIpc) is 2.33. The largest absolute Gasteiger partial charge is 0.549 e. The van der Waals surface area contributed by atoms with Gasteiger partial charge in [0.1, 0.15) is 5.60 Å². The van der Waals surface area contributed by atoms with Crippen molar-refractivity contribution in [3.63, 3.8) is 0 Å². The van der Waals surface area contributed by atoms with Crippen LogP contribution in [0.15, 0.2) is 12.3 Å². The van der Waals surface area contributed by atoms with E-state index in [2.05, 4.69) is 26.0 Å². The lowest BCUT2D eigenvalue weighted by Gasteiger charge is -2.21. The number of hydrogen-bond donors (Lipinski definition) is 0. The van der Waals surface area contributed by atoms with Gasteiger partial charge in [-0.3, -0.25) is 0 Å². The lowest BCUT2D eigenvalue weighted by molar-refractivity contribution is -0.331. The molecule has 0 rings (SSSR count). The van der Waals surface area contributed by atoms with Crippen molar-refractivity contribution in [1.82, 2.24) is 0 Å². The molecule has 7 nitrogen and oxygen atoms in total. The zero-order valence-electron chi connectivity index (χ0n) is 11.0. The van der Waals surface area contributed by atoms with Gasteiger partial charge in [0.05, 0.1) is 6.61 Å². The zero-order chi connectivity index (χ0) is 14.2. The van der Waals surface area contributed by atoms with Crippen LogP contribution in [0.5, 0.6) is 0 Å². The van der Waals surface area contributed by atoms with Gasteiger partial charge in [-0.2, -0.15) is 9.68 Å². The number of carbonyl (C=O) groups excluding carboxylic acids is 2. The minimum atomic E-state index is -1.13. The molecule has 0 aromatic rings. The summed E-state index contributed by atoms with van der Waals surface area (Å²) in [5, 5.41) is 0. The first-order valence-corrected chi connectivity index (χ1v) is 5.42. The Morgan fingerprint density at radius 1 is 1.11 bits per heavy atom. The molecule has 0 atom stereocenters. The zero-order valence-corrected chi connectivity index (χ0v) is 11.0. The quantitative estimate of drug-likeness (QED) is 0.239. The first kappa shape index (κ1) is 16.2. The van der Waals surface area contributed by atoms with Gasteiger partial charge in [-0.15, -0.1) is 0 Å². The van der Waals surface area contributed by atoms with Gasteiger partial charge in [-0.25, -0.2) is 14.6 Å². The van der Waals surface area contributed by atoms with Gasteiger partial charge in [-0.05, 0) is 33.8 Å². The smallest absolute Gasteiger partial charge is 0.432 e. The van der Waals surface area contributed by atoms with Crippen LogP contribution in [0, 0.1) is 0 Å². The molecular formula is C11H18O7. The van der Waals surface area contributed by atoms with Crippen molar-refractivity contribution in [2.45, 2.75) is 39.7 Å². The van der Waals surface area contributed by atoms with E-state index in [0.29, 0.717) is 6.42 Å². The average molecular weight is 262 g/mol. The predicted octanol–water partition coefficient (Wildman–Crippen LogP) is 2.27. The van der Waals surface area contributed by atoms with E-state index in [1.54, 1.807) is 20.8 Å². The van der Waals surface area contributed by atoms with Crippen molar-refractivity contribution >= 4 is 12.1 Å². The molecule has 0 saturated carbocycles. The lowest BCUT2D eigenvalue weighted by Crippen LogP contribution is -2.24. The maximum absolute atomic E-state index is 11.2. The normalized spacial score (nSPS) is 10.4. The summed E-state index contributed by atoms with van der Waals surface area (Å²) in [5.74, 6) is -1.53. The minimum Gasteiger partial charge on any atom is -0.432 e. The first-order chi connectivity index (χ1) is 8.32. The van der Waals surface area contributed by atoms with E-state index in [4.69, 9.17) is 4.89 Å². The number of ether oxygens (including phenoxy) is 1. The van der Waals surface area contributed by atoms with Crippen molar-refractivity contribution in [3.05, 3.63) is 12.3 Å². The van der Waals surface area contributed by atoms with E-state index >= 15 is 0 Å². The molecule has 0 aromatic heterocycles. The Labute approximate surface area is 105 Å². The van der Waals surface area contributed by atoms with E-state index in [1.807, 2.05) is 6.92 Å². The van der Waals surface area contributed by atoms with Crippen LogP contribution >= 0.6 is 0 Å². The van der Waals surface area contributed by atoms with Crippen molar-refractivity contribution in [1.29, 1.82) is 0 Å². The minimum absolute atomic E-state index is 0.0988. The molecular weight excluding hydrogens is 244 g/mol. The van der Waals surface area contributed by atoms with Gasteiger partial charge >= 0.3 is 12.1 Å². The Morgan fingerprint density at radius 3 is 2.22 bits per heavy atom. The summed E-state index contributed by atoms with van der Waals surface area (Å²) in [6.45, 7) is 10.3. The third-order valence-corrected chi connectivity index (χ3v) is 1.89. The maximum atomic E-state index is 11.2. The summed E-state index contributed by atoms with van der Waals surface area (Å²) >= 11 is 0. The Balaban J connectivity index is 3.98. The molecule has 0 fully saturated rings. The fraction of sp³-hybridized carbons (Fsp3) is 0.636. The molecule has 0 amide bonds. The van der Waals surface area contributed by atoms with Gasteiger partial charge < -0.3 is 9.62 Å². The highest BCUT2D eigenvalue weighted by atomic mass is 17.3. The molecule has 0 spiro atoms. The number of hydrogen-bond acceptors (Lipinski definition) is 7. The van der Waals surface area contributed by atoms with Crippen LogP contribution in [0.3, 0.4) is 0 Å². The van der Waals surface area contributed by atoms with Crippen molar-refractivity contribution in [2.75, 3.05) is 6.61 Å². The molecule has 0 bridgehead atoms. The van der Waals surface area contributed by atoms with Gasteiger partial charge in [0, 0.05) is 0 Å². The molecule has 104 valence electrons. The summed E-state index contributed by atoms with van der Waals surface area (Å²) in [7, 11) is 0. The van der Waals surface area contributed by atoms with Gasteiger partial charge in [0.2, 0.25) is 5.76 Å². The fourth-order valence-electron chi connectivity index (χ4n) is 0.516. The van der Waals surface area contributed by atoms with Crippen LogP contribution in [0.4, 0.5) is 4.79 Å². The second-order valence-electron chi connectivity index (χ2n) is 3.84. The van der Waals surface area contributed by atoms with E-state index in [1.165, 1.54) is 0 Å². The summed E-state index contributed by atoms with van der Waals surface area (Å²) < 4.78 is 4.36. The van der Waals surface area contributed by atoms with E-state index in [-0.39, 0.29) is 6.61 Å². The molecule has 18 heavy (non-hydrogen) atoms. The molecule has 0 aliphatic heterocycles. The topological polar surface area (TPSA) is 80.3 Å². The highest BCUT2D eigenvalue weighted by molar-refractivity contribution is 5.85. The van der Waals surface area contributed by atoms with Crippen LogP contribution < -0.4 is 0 Å². The third kappa shape index (κ3) is 6.74. The first-order valence-electron chi connectivity index (χ1n) is 5.42. The molecule has 0 unspecified atom stereocenters. The third-order valence-electron chi connectivity index (χ3n) is 1.89. The molecule has 7 heteroatoms. The standard InChI is InChI=1S/C11H18O7/c1-6-11(4,5)18-15-8(3)9(12)16-17-10(13)14-7-2/h3,6-7H2,1-2,4-5H3. The van der Waals surface area contributed by atoms with Crippen molar-refractivity contribution < 1.29 is 33.9 Å². The Bertz CT molecular complexity index is 309. The van der Waals surface area contributed by atoms with Crippen LogP contribution in [-0.2, 0) is 29.1 Å². The van der Waals surface area contributed by atoms with Crippen LogP contribution in [0.1, 0.15) is 34.1 Å². The van der Waals surface area contributed by atoms with E-state index in [0.717, 1.165) is 0 Å². The Hall–Kier alpha value is -1.76. The van der Waals surface area contributed by atoms with Crippen LogP contribution in [0.2, 0.25) is 0 Å². The molecule has 0 aromatic carbocycles. The maximum Gasteiger partial charge on any atom is 0.549 e. The monoisotopic (exact) mass is 262 g/mol. The summed E-state index contributed by atoms with van der Waals surface area (Å²) in [6, 6.07) is 0. The van der Waals surface area contributed by atoms with E-state index < -0.39 is 23.5 Å². The second-order valence-corrected chi connectivity index (χ2v) is 3.84. The number of rotatable bonds is 6. The Kier molecular flexibility index (Phi) is 6.81. The van der Waals surface area contributed by atoms with Gasteiger partial charge in [0.15, 0.2) is 0 Å². The Morgan fingerprint density at radius 2 is 1.72 bits per heavy atom. The molecule has 0 radical (unpaired) electrons. The van der Waals surface area contributed by atoms with Crippen LogP contribution in [0.25, 0.3) is 0 Å². The lowest BCUT2D eigenvalue weighted by atomic mass is 10.1. The van der Waals surface area contributed by atoms with E-state index in [9.17, 15) is 9.59 Å². The fourth-order valence-corrected chi connectivity index (χ4v) is 0.516. The second kappa shape index (κ2) is 7.54. The van der Waals surface area contributed by atoms with Gasteiger partial charge in [0.25, 0.3) is 0 Å². The summed E-state index contributed by atoms with van der Waals surface area (Å²) in [4.78, 5) is 39.6. The van der Waals surface area contributed by atoms with Crippen molar-refractivity contribution in [3.8, 4) is 0 Å². The van der Waals surface area contributed by atoms with Crippen LogP contribution in [-0.4, -0.2) is 24.3 Å².